The first-order chi connectivity index (χ1) is 23.8. The molecule has 0 bridgehead atoms. The number of likely N-dealkylation sites (tertiary alicyclic amines) is 1. The number of benzene rings is 1. The quantitative estimate of drug-likeness (QED) is 0.105. The predicted octanol–water partition coefficient (Wildman–Crippen LogP) is 6.60. The van der Waals surface area contributed by atoms with Crippen molar-refractivity contribution in [3.63, 3.8) is 0 Å². The summed E-state index contributed by atoms with van der Waals surface area (Å²) in [5.41, 5.74) is -0.258. The molecular formula is C34H44F3N5O7S. The molecule has 2 aliphatic rings. The molecule has 3 aromatic rings. The zero-order valence-electron chi connectivity index (χ0n) is 27.9. The molecule has 1 atom stereocenters. The lowest BCUT2D eigenvalue weighted by Crippen LogP contribution is -2.42. The smallest absolute Gasteiger partial charge is 0.407 e. The first kappa shape index (κ1) is 37.5. The number of ether oxygens (including phenoxy) is 1. The number of unbranched alkanes of at least 4 members (excludes halogenated alkanes) is 1. The number of fused-ring (bicyclic) bond motifs is 1. The minimum atomic E-state index is -3.53. The van der Waals surface area contributed by atoms with Gasteiger partial charge in [0.15, 0.2) is 0 Å². The lowest BCUT2D eigenvalue weighted by Gasteiger charge is -2.39. The number of hydrogen-bond donors (Lipinski definition) is 4. The molecule has 0 aliphatic carbocycles. The number of nitrogens with one attached hydrogen (secondary N) is 1. The van der Waals surface area contributed by atoms with Crippen LogP contribution in [0.4, 0.5) is 23.8 Å². The Hall–Kier alpha value is -3.73. The molecule has 5 rings (SSSR count). The van der Waals surface area contributed by atoms with Gasteiger partial charge in [0.1, 0.15) is 29.9 Å². The summed E-state index contributed by atoms with van der Waals surface area (Å²) in [5, 5.41) is 12.8. The second-order valence-electron chi connectivity index (χ2n) is 13.0. The monoisotopic (exact) mass is 723 g/mol. The molecule has 4 heterocycles. The van der Waals surface area contributed by atoms with E-state index in [-0.39, 0.29) is 66.8 Å². The number of anilines is 1. The number of alkyl halides is 2. The molecule has 12 nitrogen and oxygen atoms in total. The second kappa shape index (κ2) is 16.1. The number of amides is 1. The molecule has 1 aromatic carbocycles. The minimum absolute atomic E-state index is 0.0188. The number of aryl methyl sites for hydroxylation is 1. The van der Waals surface area contributed by atoms with E-state index in [1.54, 1.807) is 13.0 Å². The molecule has 50 heavy (non-hydrogen) atoms. The highest BCUT2D eigenvalue weighted by molar-refractivity contribution is 8.24. The van der Waals surface area contributed by atoms with E-state index in [9.17, 15) is 28.6 Å². The van der Waals surface area contributed by atoms with Crippen molar-refractivity contribution in [1.29, 1.82) is 0 Å². The van der Waals surface area contributed by atoms with Gasteiger partial charge in [-0.3, -0.25) is 18.5 Å². The third kappa shape index (κ3) is 8.41. The average molecular weight is 724 g/mol. The van der Waals surface area contributed by atoms with Crippen LogP contribution in [0.1, 0.15) is 80.5 Å². The zero-order valence-corrected chi connectivity index (χ0v) is 28.7. The summed E-state index contributed by atoms with van der Waals surface area (Å²) in [6, 6.07) is 4.69. The lowest BCUT2D eigenvalue weighted by atomic mass is 9.85. The number of hydrogen-bond acceptors (Lipinski definition) is 9. The standard InChI is InChI=1S/C34H44F3N5O7S/c1-22(25-6-4-7-28(29(25)35)34(36,37)24-8-13-41(14-9-24)33(45)46)40-30-27-20-26(23-10-18-50(47,48)19-11-23)32(44)42(31(27)39-21-38-30)12-5-17-49-16-3-2-15-43/h4,6-7,15,20-24,47-48H,2-3,5,8-14,16-19H2,1H3,(H,45,46)(H,38,39,40). The van der Waals surface area contributed by atoms with Crippen LogP contribution < -0.4 is 10.9 Å². The Morgan fingerprint density at radius 1 is 1.14 bits per heavy atom. The van der Waals surface area contributed by atoms with Gasteiger partial charge in [-0.1, -0.05) is 18.2 Å². The molecule has 4 N–H and O–H groups in total. The summed E-state index contributed by atoms with van der Waals surface area (Å²) >= 11 is 0. The second-order valence-corrected chi connectivity index (χ2v) is 15.4. The van der Waals surface area contributed by atoms with Gasteiger partial charge in [-0.15, -0.1) is 0 Å². The number of aldehydes is 1. The number of rotatable bonds is 14. The molecule has 1 unspecified atom stereocenters. The van der Waals surface area contributed by atoms with E-state index in [0.29, 0.717) is 61.9 Å². The van der Waals surface area contributed by atoms with Crippen LogP contribution in [-0.4, -0.2) is 83.8 Å². The third-order valence-corrected chi connectivity index (χ3v) is 11.5. The number of nitrogens with zero attached hydrogens (tertiary/aromatic N) is 4. The number of carbonyl (C=O) groups excluding carboxylic acids is 1. The number of halogens is 3. The van der Waals surface area contributed by atoms with E-state index in [4.69, 9.17) is 4.74 Å². The Kier molecular flexibility index (Phi) is 12.1. The molecule has 2 saturated heterocycles. The van der Waals surface area contributed by atoms with Crippen LogP contribution in [0.3, 0.4) is 0 Å². The highest BCUT2D eigenvalue weighted by Gasteiger charge is 2.45. The summed E-state index contributed by atoms with van der Waals surface area (Å²) in [7, 11) is -2.70. The minimum Gasteiger partial charge on any atom is -0.465 e. The molecule has 2 fully saturated rings. The van der Waals surface area contributed by atoms with E-state index >= 15 is 13.2 Å². The van der Waals surface area contributed by atoms with Crippen LogP contribution in [0.5, 0.6) is 0 Å². The molecule has 16 heteroatoms. The molecule has 1 amide bonds. The summed E-state index contributed by atoms with van der Waals surface area (Å²) in [6.45, 7) is 2.50. The average Bonchev–Trinajstić information content (AvgIpc) is 3.08. The van der Waals surface area contributed by atoms with Crippen LogP contribution in [-0.2, 0) is 22.0 Å². The van der Waals surface area contributed by atoms with Crippen LogP contribution >= 0.6 is 10.6 Å². The maximum Gasteiger partial charge on any atom is 0.407 e. The fourth-order valence-electron chi connectivity index (χ4n) is 6.81. The van der Waals surface area contributed by atoms with Gasteiger partial charge < -0.3 is 24.9 Å². The van der Waals surface area contributed by atoms with Crippen molar-refractivity contribution in [2.24, 2.45) is 5.92 Å². The first-order valence-corrected chi connectivity index (χ1v) is 18.8. The highest BCUT2D eigenvalue weighted by Crippen LogP contribution is 2.48. The number of carbonyl (C=O) groups is 2. The van der Waals surface area contributed by atoms with Crippen molar-refractivity contribution in [2.75, 3.05) is 43.1 Å². The highest BCUT2D eigenvalue weighted by atomic mass is 32.3. The largest absolute Gasteiger partial charge is 0.465 e. The van der Waals surface area contributed by atoms with Crippen LogP contribution in [0, 0.1) is 11.7 Å². The first-order valence-electron chi connectivity index (χ1n) is 16.9. The van der Waals surface area contributed by atoms with Crippen molar-refractivity contribution in [2.45, 2.75) is 76.3 Å². The summed E-state index contributed by atoms with van der Waals surface area (Å²) in [6.07, 6.45) is 2.99. The van der Waals surface area contributed by atoms with Gasteiger partial charge >= 0.3 is 6.09 Å². The molecule has 0 radical (unpaired) electrons. The lowest BCUT2D eigenvalue weighted by molar-refractivity contribution is -0.108. The summed E-state index contributed by atoms with van der Waals surface area (Å²) < 4.78 is 75.0. The van der Waals surface area contributed by atoms with Crippen LogP contribution in [0.25, 0.3) is 11.0 Å². The van der Waals surface area contributed by atoms with E-state index in [2.05, 4.69) is 15.3 Å². The van der Waals surface area contributed by atoms with Gasteiger partial charge in [-0.2, -0.15) is 10.6 Å². The fraction of sp³-hybridized carbons (Fsp3) is 0.559. The van der Waals surface area contributed by atoms with Crippen molar-refractivity contribution in [1.82, 2.24) is 19.4 Å². The maximum atomic E-state index is 16.0. The van der Waals surface area contributed by atoms with Gasteiger partial charge in [0, 0.05) is 67.8 Å². The molecule has 2 aromatic heterocycles. The van der Waals surface area contributed by atoms with Crippen molar-refractivity contribution in [3.05, 3.63) is 63.5 Å². The molecular weight excluding hydrogens is 679 g/mol. The third-order valence-electron chi connectivity index (χ3n) is 9.70. The van der Waals surface area contributed by atoms with Gasteiger partial charge in [0.2, 0.25) is 0 Å². The fourth-order valence-corrected chi connectivity index (χ4v) is 8.34. The SMILES string of the molecule is CC(Nc1ncnc2c1cc(C1CCS(O)(O)CC1)c(=O)n2CCCOCCCC=O)c1cccc(C(F)(F)C2CCN(C(=O)O)CC2)c1F. The number of piperidine rings is 1. The summed E-state index contributed by atoms with van der Waals surface area (Å²) in [4.78, 5) is 45.6. The van der Waals surface area contributed by atoms with Gasteiger partial charge in [-0.25, -0.2) is 27.9 Å². The van der Waals surface area contributed by atoms with Crippen LogP contribution in [0.2, 0.25) is 0 Å². The van der Waals surface area contributed by atoms with E-state index in [0.717, 1.165) is 17.3 Å². The van der Waals surface area contributed by atoms with Crippen LogP contribution in [0.15, 0.2) is 35.4 Å². The Balaban J connectivity index is 1.43. The van der Waals surface area contributed by atoms with Gasteiger partial charge in [0.05, 0.1) is 17.0 Å². The zero-order chi connectivity index (χ0) is 36.1. The molecule has 0 spiro atoms. The normalized spacial score (nSPS) is 18.6. The Morgan fingerprint density at radius 3 is 2.52 bits per heavy atom. The number of pyridine rings is 1. The Bertz CT molecular complexity index is 1730. The van der Waals surface area contributed by atoms with Crippen molar-refractivity contribution < 1.29 is 41.7 Å². The van der Waals surface area contributed by atoms with E-state index < -0.39 is 45.9 Å². The van der Waals surface area contributed by atoms with Gasteiger partial charge in [0.25, 0.3) is 11.5 Å². The molecule has 0 saturated carbocycles. The molecule has 2 aliphatic heterocycles. The number of carboxylic acid groups (broad SMARTS) is 1. The molecule has 274 valence electrons. The Morgan fingerprint density at radius 2 is 1.84 bits per heavy atom. The van der Waals surface area contributed by atoms with E-state index in [1.807, 2.05) is 0 Å². The topological polar surface area (TPSA) is 167 Å². The van der Waals surface area contributed by atoms with Crippen molar-refractivity contribution in [3.8, 4) is 0 Å². The predicted molar refractivity (Wildman–Crippen MR) is 184 cm³/mol. The maximum absolute atomic E-state index is 16.0. The van der Waals surface area contributed by atoms with Crippen molar-refractivity contribution >= 4 is 39.8 Å². The summed E-state index contributed by atoms with van der Waals surface area (Å²) in [5.74, 6) is -5.45. The van der Waals surface area contributed by atoms with Gasteiger partial charge in [-0.05, 0) is 57.4 Å². The van der Waals surface area contributed by atoms with E-state index in [1.165, 1.54) is 23.0 Å². The number of aromatic nitrogens is 3. The Labute approximate surface area is 289 Å².